The standard InChI is InChI=1S/C31H26Cl2FN3OS/c1-17-12-18(2)23(13-19(17)16-39-28-14-20(32)6-11-25(28)33)29-24(15-35)31(36)37(22-9-7-21(34)8-10-22)26-4-3-5-27(38)30(26)29/h6-14,29H,3-5,16,36H2,1-2H3. The largest absolute Gasteiger partial charge is 0.384 e. The van der Waals surface area contributed by atoms with Crippen LogP contribution in [0.5, 0.6) is 0 Å². The van der Waals surface area contributed by atoms with E-state index in [0.29, 0.717) is 51.9 Å². The predicted octanol–water partition coefficient (Wildman–Crippen LogP) is 8.35. The number of rotatable bonds is 5. The lowest BCUT2D eigenvalue weighted by atomic mass is 9.74. The van der Waals surface area contributed by atoms with E-state index in [0.717, 1.165) is 32.8 Å². The first kappa shape index (κ1) is 27.3. The number of ketones is 1. The van der Waals surface area contributed by atoms with Crippen molar-refractivity contribution in [2.24, 2.45) is 5.73 Å². The number of halogens is 3. The lowest BCUT2D eigenvalue weighted by Gasteiger charge is -2.40. The van der Waals surface area contributed by atoms with E-state index in [9.17, 15) is 14.4 Å². The van der Waals surface area contributed by atoms with Gasteiger partial charge in [-0.25, -0.2) is 4.39 Å². The van der Waals surface area contributed by atoms with Gasteiger partial charge in [-0.05, 0) is 91.4 Å². The van der Waals surface area contributed by atoms with Gasteiger partial charge in [-0.15, -0.1) is 11.8 Å². The van der Waals surface area contributed by atoms with Gasteiger partial charge in [0.25, 0.3) is 0 Å². The van der Waals surface area contributed by atoms with Crippen LogP contribution >= 0.6 is 35.0 Å². The third-order valence-electron chi connectivity index (χ3n) is 7.31. The second-order valence-electron chi connectivity index (χ2n) is 9.79. The minimum Gasteiger partial charge on any atom is -0.384 e. The first-order valence-electron chi connectivity index (χ1n) is 12.6. The van der Waals surface area contributed by atoms with Crippen LogP contribution in [0, 0.1) is 31.0 Å². The van der Waals surface area contributed by atoms with Gasteiger partial charge in [0.05, 0.1) is 22.6 Å². The number of allylic oxidation sites excluding steroid dienone is 3. The normalized spacial score (nSPS) is 17.4. The number of nitriles is 1. The number of nitrogens with two attached hydrogens (primary N) is 1. The maximum Gasteiger partial charge on any atom is 0.161 e. The summed E-state index contributed by atoms with van der Waals surface area (Å²) in [6, 6.07) is 17.8. The van der Waals surface area contributed by atoms with Gasteiger partial charge in [0, 0.05) is 39.0 Å². The molecule has 1 aliphatic carbocycles. The molecule has 198 valence electrons. The zero-order valence-corrected chi connectivity index (χ0v) is 23.9. The molecular formula is C31H26Cl2FN3OS. The van der Waals surface area contributed by atoms with E-state index in [1.165, 1.54) is 12.1 Å². The van der Waals surface area contributed by atoms with E-state index >= 15 is 0 Å². The Hall–Kier alpha value is -3.24. The molecule has 39 heavy (non-hydrogen) atoms. The summed E-state index contributed by atoms with van der Waals surface area (Å²) in [7, 11) is 0. The summed E-state index contributed by atoms with van der Waals surface area (Å²) in [5.41, 5.74) is 13.0. The minimum absolute atomic E-state index is 0.00946. The zero-order chi connectivity index (χ0) is 27.8. The molecule has 5 rings (SSSR count). The monoisotopic (exact) mass is 577 g/mol. The van der Waals surface area contributed by atoms with Gasteiger partial charge in [-0.1, -0.05) is 35.3 Å². The molecule has 4 nitrogen and oxygen atoms in total. The Labute approximate surface area is 241 Å². The van der Waals surface area contributed by atoms with Gasteiger partial charge in [0.15, 0.2) is 5.78 Å². The molecule has 2 N–H and O–H groups in total. The van der Waals surface area contributed by atoms with E-state index in [1.54, 1.807) is 40.9 Å². The molecule has 1 heterocycles. The van der Waals surface area contributed by atoms with Crippen LogP contribution in [0.4, 0.5) is 10.1 Å². The van der Waals surface area contributed by atoms with E-state index in [4.69, 9.17) is 28.9 Å². The average Bonchev–Trinajstić information content (AvgIpc) is 2.90. The number of hydrogen-bond donors (Lipinski definition) is 1. The van der Waals surface area contributed by atoms with Crippen LogP contribution in [0.15, 0.2) is 82.2 Å². The molecule has 2 aliphatic rings. The van der Waals surface area contributed by atoms with Gasteiger partial charge in [0.2, 0.25) is 0 Å². The average molecular weight is 579 g/mol. The number of nitrogens with zero attached hydrogens (tertiary/aromatic N) is 2. The summed E-state index contributed by atoms with van der Waals surface area (Å²) in [5, 5.41) is 11.6. The van der Waals surface area contributed by atoms with Crippen LogP contribution in [0.3, 0.4) is 0 Å². The quantitative estimate of drug-likeness (QED) is 0.308. The number of benzene rings is 3. The molecule has 3 aromatic carbocycles. The molecule has 0 aromatic heterocycles. The Bertz CT molecular complexity index is 1590. The van der Waals surface area contributed by atoms with Crippen molar-refractivity contribution in [3.8, 4) is 6.07 Å². The molecule has 1 atom stereocenters. The van der Waals surface area contributed by atoms with Crippen molar-refractivity contribution in [2.75, 3.05) is 4.90 Å². The van der Waals surface area contributed by atoms with Gasteiger partial charge in [-0.3, -0.25) is 9.69 Å². The molecule has 0 saturated carbocycles. The van der Waals surface area contributed by atoms with Crippen LogP contribution in [0.1, 0.15) is 47.4 Å². The summed E-state index contributed by atoms with van der Waals surface area (Å²) in [6.07, 6.45) is 1.73. The van der Waals surface area contributed by atoms with E-state index in [1.807, 2.05) is 13.0 Å². The second-order valence-corrected chi connectivity index (χ2v) is 11.7. The van der Waals surface area contributed by atoms with Crippen molar-refractivity contribution < 1.29 is 9.18 Å². The number of carbonyl (C=O) groups excluding carboxylic acids is 1. The number of carbonyl (C=O) groups is 1. The molecule has 0 radical (unpaired) electrons. The lowest BCUT2D eigenvalue weighted by molar-refractivity contribution is -0.116. The van der Waals surface area contributed by atoms with Crippen LogP contribution in [-0.2, 0) is 10.5 Å². The number of thioether (sulfide) groups is 1. The van der Waals surface area contributed by atoms with Crippen molar-refractivity contribution in [1.82, 2.24) is 0 Å². The van der Waals surface area contributed by atoms with Crippen molar-refractivity contribution in [2.45, 2.75) is 49.7 Å². The van der Waals surface area contributed by atoms with E-state index in [2.05, 4.69) is 25.1 Å². The van der Waals surface area contributed by atoms with Crippen LogP contribution < -0.4 is 10.6 Å². The van der Waals surface area contributed by atoms with Gasteiger partial charge in [-0.2, -0.15) is 5.26 Å². The zero-order valence-electron chi connectivity index (χ0n) is 21.5. The first-order valence-corrected chi connectivity index (χ1v) is 14.3. The Kier molecular flexibility index (Phi) is 7.77. The number of aryl methyl sites for hydroxylation is 2. The van der Waals surface area contributed by atoms with Crippen molar-refractivity contribution >= 4 is 46.4 Å². The molecule has 1 aliphatic heterocycles. The fourth-order valence-corrected chi connectivity index (χ4v) is 6.96. The number of Topliss-reactive ketones (excluding diaryl/α,β-unsaturated/α-hetero) is 1. The summed E-state index contributed by atoms with van der Waals surface area (Å²) in [6.45, 7) is 4.05. The molecule has 1 unspecified atom stereocenters. The minimum atomic E-state index is -0.575. The Morgan fingerprint density at radius 2 is 1.82 bits per heavy atom. The predicted molar refractivity (Wildman–Crippen MR) is 156 cm³/mol. The fraction of sp³-hybridized carbons (Fsp3) is 0.226. The Morgan fingerprint density at radius 3 is 2.54 bits per heavy atom. The summed E-state index contributed by atoms with van der Waals surface area (Å²) < 4.78 is 13.7. The molecule has 0 amide bonds. The van der Waals surface area contributed by atoms with Crippen molar-refractivity contribution in [3.63, 3.8) is 0 Å². The second kappa shape index (κ2) is 11.1. The fourth-order valence-electron chi connectivity index (χ4n) is 5.41. The Balaban J connectivity index is 1.62. The maximum atomic E-state index is 13.7. The third kappa shape index (κ3) is 5.19. The van der Waals surface area contributed by atoms with Crippen LogP contribution in [-0.4, -0.2) is 5.78 Å². The summed E-state index contributed by atoms with van der Waals surface area (Å²) >= 11 is 14.2. The molecule has 3 aromatic rings. The highest BCUT2D eigenvalue weighted by molar-refractivity contribution is 7.98. The highest BCUT2D eigenvalue weighted by Gasteiger charge is 2.41. The van der Waals surface area contributed by atoms with Crippen molar-refractivity contribution in [3.05, 3.63) is 115 Å². The van der Waals surface area contributed by atoms with E-state index in [-0.39, 0.29) is 17.4 Å². The van der Waals surface area contributed by atoms with Gasteiger partial charge >= 0.3 is 0 Å². The first-order chi connectivity index (χ1) is 18.7. The molecule has 8 heteroatoms. The number of anilines is 1. The molecule has 0 fully saturated rings. The molecule has 0 bridgehead atoms. The molecule has 0 saturated heterocycles. The van der Waals surface area contributed by atoms with Crippen molar-refractivity contribution in [1.29, 1.82) is 5.26 Å². The summed E-state index contributed by atoms with van der Waals surface area (Å²) in [4.78, 5) is 16.1. The SMILES string of the molecule is Cc1cc(C)c(C2C(C#N)=C(N)N(c3ccc(F)cc3)C3=C2C(=O)CCC3)cc1CSc1cc(Cl)ccc1Cl. The van der Waals surface area contributed by atoms with Crippen LogP contribution in [0.2, 0.25) is 10.0 Å². The van der Waals surface area contributed by atoms with Gasteiger partial charge < -0.3 is 5.73 Å². The smallest absolute Gasteiger partial charge is 0.161 e. The summed E-state index contributed by atoms with van der Waals surface area (Å²) in [5.74, 6) is -0.0347. The molecule has 0 spiro atoms. The highest BCUT2D eigenvalue weighted by Crippen LogP contribution is 2.47. The van der Waals surface area contributed by atoms with Crippen LogP contribution in [0.25, 0.3) is 0 Å². The third-order valence-corrected chi connectivity index (χ3v) is 9.09. The Morgan fingerprint density at radius 1 is 1.08 bits per heavy atom. The highest BCUT2D eigenvalue weighted by atomic mass is 35.5. The number of hydrogen-bond acceptors (Lipinski definition) is 5. The topological polar surface area (TPSA) is 70.1 Å². The van der Waals surface area contributed by atoms with E-state index < -0.39 is 5.92 Å². The van der Waals surface area contributed by atoms with Gasteiger partial charge in [0.1, 0.15) is 11.6 Å². The molecular weight excluding hydrogens is 552 g/mol. The maximum absolute atomic E-state index is 13.7. The lowest BCUT2D eigenvalue weighted by Crippen LogP contribution is -2.38.